The van der Waals surface area contributed by atoms with Crippen LogP contribution in [0.5, 0.6) is 0 Å². The molecule has 1 aliphatic rings. The first kappa shape index (κ1) is 9.27. The largest absolute Gasteiger partial charge is 0.447 e. The Kier molecular flexibility index (Phi) is 2.29. The van der Waals surface area contributed by atoms with Gasteiger partial charge in [-0.25, -0.2) is 9.18 Å². The molecule has 0 aromatic heterocycles. The highest BCUT2D eigenvalue weighted by atomic mass is 35.5. The van der Waals surface area contributed by atoms with E-state index in [2.05, 4.69) is 10.1 Å². The van der Waals surface area contributed by atoms with Crippen LogP contribution in [0.15, 0.2) is 18.2 Å². The Morgan fingerprint density at radius 1 is 1.57 bits per heavy atom. The molecule has 1 heterocycles. The van der Waals surface area contributed by atoms with Crippen LogP contribution >= 0.6 is 11.6 Å². The van der Waals surface area contributed by atoms with Gasteiger partial charge in [0.25, 0.3) is 0 Å². The SMILES string of the molecule is O=C1N[C@@H](c2cccc(F)c2Cl)CO1. The second kappa shape index (κ2) is 3.46. The van der Waals surface area contributed by atoms with Crippen molar-refractivity contribution in [1.82, 2.24) is 5.32 Å². The summed E-state index contributed by atoms with van der Waals surface area (Å²) in [5.74, 6) is -0.495. The fourth-order valence-corrected chi connectivity index (χ4v) is 1.60. The van der Waals surface area contributed by atoms with Gasteiger partial charge in [0.2, 0.25) is 0 Å². The number of benzene rings is 1. The number of ether oxygens (including phenoxy) is 1. The van der Waals surface area contributed by atoms with Crippen LogP contribution in [0.1, 0.15) is 11.6 Å². The van der Waals surface area contributed by atoms with Crippen LogP contribution in [0.4, 0.5) is 9.18 Å². The van der Waals surface area contributed by atoms with E-state index in [9.17, 15) is 9.18 Å². The number of rotatable bonds is 1. The molecule has 0 unspecified atom stereocenters. The fraction of sp³-hybridized carbons (Fsp3) is 0.222. The van der Waals surface area contributed by atoms with E-state index < -0.39 is 11.9 Å². The molecule has 0 saturated carbocycles. The van der Waals surface area contributed by atoms with Crippen molar-refractivity contribution >= 4 is 17.7 Å². The van der Waals surface area contributed by atoms with Crippen molar-refractivity contribution in [2.75, 3.05) is 6.61 Å². The van der Waals surface area contributed by atoms with E-state index in [1.54, 1.807) is 12.1 Å². The Labute approximate surface area is 84.8 Å². The molecule has 1 saturated heterocycles. The Morgan fingerprint density at radius 2 is 2.36 bits per heavy atom. The summed E-state index contributed by atoms with van der Waals surface area (Å²) in [6.45, 7) is 0.183. The number of cyclic esters (lactones) is 1. The summed E-state index contributed by atoms with van der Waals surface area (Å²) in [6, 6.07) is 4.11. The van der Waals surface area contributed by atoms with E-state index in [0.29, 0.717) is 5.56 Å². The van der Waals surface area contributed by atoms with Crippen molar-refractivity contribution in [1.29, 1.82) is 0 Å². The van der Waals surface area contributed by atoms with Crippen LogP contribution in [0, 0.1) is 5.82 Å². The minimum absolute atomic E-state index is 0.0308. The molecule has 2 rings (SSSR count). The quantitative estimate of drug-likeness (QED) is 0.781. The Bertz CT molecular complexity index is 383. The van der Waals surface area contributed by atoms with Crippen molar-refractivity contribution in [2.45, 2.75) is 6.04 Å². The van der Waals surface area contributed by atoms with E-state index in [1.165, 1.54) is 6.07 Å². The first-order valence-electron chi connectivity index (χ1n) is 4.05. The molecule has 1 atom stereocenters. The zero-order valence-electron chi connectivity index (χ0n) is 7.09. The molecule has 1 aromatic rings. The van der Waals surface area contributed by atoms with Crippen molar-refractivity contribution in [3.05, 3.63) is 34.6 Å². The van der Waals surface area contributed by atoms with Crippen molar-refractivity contribution in [3.8, 4) is 0 Å². The molecule has 1 N–H and O–H groups in total. The lowest BCUT2D eigenvalue weighted by Crippen LogP contribution is -2.18. The van der Waals surface area contributed by atoms with Gasteiger partial charge < -0.3 is 10.1 Å². The third-order valence-electron chi connectivity index (χ3n) is 2.03. The van der Waals surface area contributed by atoms with Gasteiger partial charge in [-0.3, -0.25) is 0 Å². The van der Waals surface area contributed by atoms with Gasteiger partial charge in [-0.15, -0.1) is 0 Å². The number of carbonyl (C=O) groups excluding carboxylic acids is 1. The molecule has 1 aromatic carbocycles. The zero-order chi connectivity index (χ0) is 10.1. The first-order chi connectivity index (χ1) is 6.68. The number of amides is 1. The molecule has 0 radical (unpaired) electrons. The van der Waals surface area contributed by atoms with Crippen LogP contribution in [-0.4, -0.2) is 12.7 Å². The molecule has 5 heteroatoms. The molecule has 0 bridgehead atoms. The lowest BCUT2D eigenvalue weighted by Gasteiger charge is -2.09. The predicted molar refractivity (Wildman–Crippen MR) is 48.6 cm³/mol. The summed E-state index contributed by atoms with van der Waals surface area (Å²) < 4.78 is 17.7. The highest BCUT2D eigenvalue weighted by molar-refractivity contribution is 6.31. The summed E-state index contributed by atoms with van der Waals surface area (Å²) in [5, 5.41) is 2.56. The summed E-state index contributed by atoms with van der Waals surface area (Å²) >= 11 is 5.74. The molecular formula is C9H7ClFNO2. The molecule has 14 heavy (non-hydrogen) atoms. The van der Waals surface area contributed by atoms with Gasteiger partial charge >= 0.3 is 6.09 Å². The number of carbonyl (C=O) groups is 1. The maximum atomic E-state index is 13.0. The third-order valence-corrected chi connectivity index (χ3v) is 2.43. The predicted octanol–water partition coefficient (Wildman–Crippen LogP) is 2.26. The Balaban J connectivity index is 2.32. The third kappa shape index (κ3) is 1.53. The standard InChI is InChI=1S/C9H7ClFNO2/c10-8-5(2-1-3-6(8)11)7-4-14-9(13)12-7/h1-3,7H,4H2,(H,12,13)/t7-/m1/s1. The monoisotopic (exact) mass is 215 g/mol. The molecule has 0 aliphatic carbocycles. The van der Waals surface area contributed by atoms with Crippen LogP contribution in [0.3, 0.4) is 0 Å². The van der Waals surface area contributed by atoms with Crippen LogP contribution < -0.4 is 5.32 Å². The van der Waals surface area contributed by atoms with Crippen LogP contribution in [-0.2, 0) is 4.74 Å². The average molecular weight is 216 g/mol. The molecule has 0 spiro atoms. The molecule has 1 amide bonds. The molecule has 1 aliphatic heterocycles. The highest BCUT2D eigenvalue weighted by Crippen LogP contribution is 2.27. The topological polar surface area (TPSA) is 38.3 Å². The van der Waals surface area contributed by atoms with Crippen LogP contribution in [0.25, 0.3) is 0 Å². The molecule has 74 valence electrons. The zero-order valence-corrected chi connectivity index (χ0v) is 7.84. The Hall–Kier alpha value is -1.29. The summed E-state index contributed by atoms with van der Waals surface area (Å²) in [4.78, 5) is 10.8. The number of hydrogen-bond acceptors (Lipinski definition) is 2. The molecular weight excluding hydrogens is 209 g/mol. The minimum atomic E-state index is -0.504. The van der Waals surface area contributed by atoms with Crippen LogP contribution in [0.2, 0.25) is 5.02 Å². The minimum Gasteiger partial charge on any atom is -0.447 e. The van der Waals surface area contributed by atoms with Gasteiger partial charge in [0.05, 0.1) is 11.1 Å². The molecule has 3 nitrogen and oxygen atoms in total. The number of nitrogens with one attached hydrogen (secondary N) is 1. The normalized spacial score (nSPS) is 20.4. The second-order valence-electron chi connectivity index (χ2n) is 2.94. The fourth-order valence-electron chi connectivity index (χ4n) is 1.34. The maximum absolute atomic E-state index is 13.0. The number of alkyl carbamates (subject to hydrolysis) is 1. The maximum Gasteiger partial charge on any atom is 0.407 e. The highest BCUT2D eigenvalue weighted by Gasteiger charge is 2.26. The van der Waals surface area contributed by atoms with Gasteiger partial charge in [0, 0.05) is 0 Å². The smallest absolute Gasteiger partial charge is 0.407 e. The van der Waals surface area contributed by atoms with E-state index in [1.807, 2.05) is 0 Å². The van der Waals surface area contributed by atoms with Gasteiger partial charge in [-0.1, -0.05) is 23.7 Å². The average Bonchev–Trinajstić information content (AvgIpc) is 2.57. The van der Waals surface area contributed by atoms with E-state index in [-0.39, 0.29) is 17.7 Å². The number of hydrogen-bond donors (Lipinski definition) is 1. The second-order valence-corrected chi connectivity index (χ2v) is 3.32. The van der Waals surface area contributed by atoms with E-state index in [0.717, 1.165) is 0 Å². The molecule has 1 fully saturated rings. The van der Waals surface area contributed by atoms with E-state index >= 15 is 0 Å². The van der Waals surface area contributed by atoms with Gasteiger partial charge in [-0.2, -0.15) is 0 Å². The van der Waals surface area contributed by atoms with Crippen molar-refractivity contribution < 1.29 is 13.9 Å². The number of halogens is 2. The summed E-state index contributed by atoms with van der Waals surface area (Å²) in [7, 11) is 0. The summed E-state index contributed by atoms with van der Waals surface area (Å²) in [5.41, 5.74) is 0.539. The van der Waals surface area contributed by atoms with Crippen molar-refractivity contribution in [2.24, 2.45) is 0 Å². The lowest BCUT2D eigenvalue weighted by molar-refractivity contribution is 0.177. The lowest BCUT2D eigenvalue weighted by atomic mass is 10.1. The first-order valence-corrected chi connectivity index (χ1v) is 4.43. The van der Waals surface area contributed by atoms with Gasteiger partial charge in [0.1, 0.15) is 12.4 Å². The van der Waals surface area contributed by atoms with Gasteiger partial charge in [-0.05, 0) is 11.6 Å². The van der Waals surface area contributed by atoms with E-state index in [4.69, 9.17) is 11.6 Å². The Morgan fingerprint density at radius 3 is 3.00 bits per heavy atom. The summed E-state index contributed by atoms with van der Waals surface area (Å²) in [6.07, 6.45) is -0.504. The van der Waals surface area contributed by atoms with Gasteiger partial charge in [0.15, 0.2) is 0 Å². The van der Waals surface area contributed by atoms with Crippen molar-refractivity contribution in [3.63, 3.8) is 0 Å².